The summed E-state index contributed by atoms with van der Waals surface area (Å²) in [5.41, 5.74) is 4.67. The molecule has 0 aromatic heterocycles. The lowest BCUT2D eigenvalue weighted by atomic mass is 9.81. The lowest BCUT2D eigenvalue weighted by molar-refractivity contribution is -0.140. The summed E-state index contributed by atoms with van der Waals surface area (Å²) in [7, 11) is 0. The Labute approximate surface area is 213 Å². The molecule has 0 spiro atoms. The van der Waals surface area contributed by atoms with Gasteiger partial charge in [-0.05, 0) is 57.1 Å². The van der Waals surface area contributed by atoms with Crippen molar-refractivity contribution in [1.29, 1.82) is 5.26 Å². The molecule has 6 heteroatoms. The Morgan fingerprint density at radius 1 is 0.806 bits per heavy atom. The number of ether oxygens (including phenoxy) is 2. The molecule has 1 N–H and O–H groups in total. The van der Waals surface area contributed by atoms with Crippen molar-refractivity contribution in [2.75, 3.05) is 13.2 Å². The van der Waals surface area contributed by atoms with Gasteiger partial charge in [-0.2, -0.15) is 5.26 Å². The average Bonchev–Trinajstić information content (AvgIpc) is 2.88. The average molecular weight is 487 g/mol. The second-order valence-corrected chi connectivity index (χ2v) is 8.90. The van der Waals surface area contributed by atoms with Gasteiger partial charge in [-0.1, -0.05) is 60.7 Å². The topological polar surface area (TPSA) is 88.4 Å². The lowest BCUT2D eigenvalue weighted by Gasteiger charge is -2.30. The molecule has 0 bridgehead atoms. The van der Waals surface area contributed by atoms with Crippen LogP contribution < -0.4 is 5.32 Å². The standard InChI is InChI=1S/C30H34N2O4/c1-22-27(29(33)35-20-10-17-25-14-7-4-8-15-25)26(18-9-16-24-12-5-3-6-13-24)28(23(2)32-22)30(34)36-21-11-19-31/h3-8,12-15,26,32H,9-11,16-18,20-21H2,1-2H3. The summed E-state index contributed by atoms with van der Waals surface area (Å²) in [6.07, 6.45) is 3.87. The predicted molar refractivity (Wildman–Crippen MR) is 138 cm³/mol. The predicted octanol–water partition coefficient (Wildman–Crippen LogP) is 5.41. The second kappa shape index (κ2) is 13.9. The Hall–Kier alpha value is -3.85. The summed E-state index contributed by atoms with van der Waals surface area (Å²) in [6.45, 7) is 3.97. The molecule has 0 saturated carbocycles. The molecule has 0 radical (unpaired) electrons. The molecule has 0 amide bonds. The van der Waals surface area contributed by atoms with Crippen molar-refractivity contribution in [1.82, 2.24) is 5.32 Å². The number of nitrogens with zero attached hydrogens (tertiary/aromatic N) is 1. The fourth-order valence-electron chi connectivity index (χ4n) is 4.55. The Kier molecular flexibility index (Phi) is 10.3. The monoisotopic (exact) mass is 486 g/mol. The minimum atomic E-state index is -0.498. The van der Waals surface area contributed by atoms with Gasteiger partial charge in [0.15, 0.2) is 0 Å². The highest BCUT2D eigenvalue weighted by Gasteiger charge is 2.36. The van der Waals surface area contributed by atoms with Crippen LogP contribution >= 0.6 is 0 Å². The van der Waals surface area contributed by atoms with Gasteiger partial charge in [-0.15, -0.1) is 0 Å². The molecule has 188 valence electrons. The maximum absolute atomic E-state index is 13.3. The molecule has 0 fully saturated rings. The molecular weight excluding hydrogens is 452 g/mol. The highest BCUT2D eigenvalue weighted by molar-refractivity contribution is 5.97. The van der Waals surface area contributed by atoms with E-state index in [2.05, 4.69) is 29.6 Å². The number of hydrogen-bond acceptors (Lipinski definition) is 6. The number of carbonyl (C=O) groups is 2. The van der Waals surface area contributed by atoms with E-state index in [0.717, 1.165) is 19.3 Å². The first kappa shape index (κ1) is 26.7. The van der Waals surface area contributed by atoms with Crippen LogP contribution in [0.3, 0.4) is 0 Å². The number of dihydropyridines is 1. The van der Waals surface area contributed by atoms with E-state index < -0.39 is 17.9 Å². The number of nitriles is 1. The molecule has 3 rings (SSSR count). The number of aryl methyl sites for hydroxylation is 2. The third-order valence-electron chi connectivity index (χ3n) is 6.25. The number of carbonyl (C=O) groups excluding carboxylic acids is 2. The van der Waals surface area contributed by atoms with Gasteiger partial charge < -0.3 is 14.8 Å². The van der Waals surface area contributed by atoms with E-state index in [1.165, 1.54) is 11.1 Å². The van der Waals surface area contributed by atoms with Gasteiger partial charge in [0.2, 0.25) is 0 Å². The molecular formula is C30H34N2O4. The zero-order valence-corrected chi connectivity index (χ0v) is 21.1. The van der Waals surface area contributed by atoms with Crippen LogP contribution in [0.25, 0.3) is 0 Å². The second-order valence-electron chi connectivity index (χ2n) is 8.90. The third-order valence-corrected chi connectivity index (χ3v) is 6.25. The fraction of sp³-hybridized carbons (Fsp3) is 0.367. The van der Waals surface area contributed by atoms with Crippen molar-refractivity contribution < 1.29 is 19.1 Å². The molecule has 36 heavy (non-hydrogen) atoms. The minimum Gasteiger partial charge on any atom is -0.462 e. The van der Waals surface area contributed by atoms with Gasteiger partial charge in [-0.25, -0.2) is 9.59 Å². The summed E-state index contributed by atoms with van der Waals surface area (Å²) in [5.74, 6) is -1.35. The fourth-order valence-corrected chi connectivity index (χ4v) is 4.55. The van der Waals surface area contributed by atoms with Crippen molar-refractivity contribution in [2.24, 2.45) is 5.92 Å². The van der Waals surface area contributed by atoms with Crippen molar-refractivity contribution >= 4 is 11.9 Å². The Morgan fingerprint density at radius 3 is 1.83 bits per heavy atom. The molecule has 1 atom stereocenters. The first-order valence-electron chi connectivity index (χ1n) is 12.5. The summed E-state index contributed by atoms with van der Waals surface area (Å²) >= 11 is 0. The van der Waals surface area contributed by atoms with Crippen LogP contribution in [0.2, 0.25) is 0 Å². The maximum atomic E-state index is 13.3. The van der Waals surface area contributed by atoms with Gasteiger partial charge in [-0.3, -0.25) is 0 Å². The van der Waals surface area contributed by atoms with Gasteiger partial charge in [0.25, 0.3) is 0 Å². The summed E-state index contributed by atoms with van der Waals surface area (Å²) in [5, 5.41) is 12.0. The van der Waals surface area contributed by atoms with E-state index >= 15 is 0 Å². The molecule has 2 aromatic carbocycles. The number of allylic oxidation sites excluding steroid dienone is 2. The van der Waals surface area contributed by atoms with Crippen LogP contribution in [0.1, 0.15) is 50.7 Å². The van der Waals surface area contributed by atoms with Gasteiger partial charge in [0, 0.05) is 17.3 Å². The van der Waals surface area contributed by atoms with E-state index in [0.29, 0.717) is 42.0 Å². The summed E-state index contributed by atoms with van der Waals surface area (Å²) < 4.78 is 11.0. The highest BCUT2D eigenvalue weighted by atomic mass is 16.5. The van der Waals surface area contributed by atoms with Crippen molar-refractivity contribution in [2.45, 2.75) is 52.4 Å². The molecule has 2 aromatic rings. The number of nitrogens with one attached hydrogen (secondary N) is 1. The number of esters is 2. The number of benzene rings is 2. The SMILES string of the molecule is CC1=C(C(=O)OCCC#N)C(CCCc2ccccc2)C(C(=O)OCCCc2ccccc2)=C(C)N1. The van der Waals surface area contributed by atoms with Crippen molar-refractivity contribution in [3.8, 4) is 6.07 Å². The first-order chi connectivity index (χ1) is 17.5. The molecule has 1 aliphatic rings. The molecule has 0 saturated heterocycles. The Bertz CT molecular complexity index is 1130. The zero-order chi connectivity index (χ0) is 25.8. The molecule has 1 unspecified atom stereocenters. The summed E-state index contributed by atoms with van der Waals surface area (Å²) in [6, 6.07) is 22.2. The van der Waals surface area contributed by atoms with Crippen molar-refractivity contribution in [3.05, 3.63) is 94.3 Å². The van der Waals surface area contributed by atoms with E-state index in [-0.39, 0.29) is 13.0 Å². The molecule has 1 heterocycles. The number of rotatable bonds is 12. The van der Waals surface area contributed by atoms with Crippen LogP contribution in [0, 0.1) is 17.2 Å². The Balaban J connectivity index is 1.72. The van der Waals surface area contributed by atoms with E-state index in [9.17, 15) is 9.59 Å². The van der Waals surface area contributed by atoms with Gasteiger partial charge in [0.1, 0.15) is 6.61 Å². The largest absolute Gasteiger partial charge is 0.462 e. The third kappa shape index (κ3) is 7.58. The van der Waals surface area contributed by atoms with Crippen LogP contribution in [0.5, 0.6) is 0 Å². The van der Waals surface area contributed by atoms with Crippen molar-refractivity contribution in [3.63, 3.8) is 0 Å². The Morgan fingerprint density at radius 2 is 1.31 bits per heavy atom. The van der Waals surface area contributed by atoms with E-state index in [4.69, 9.17) is 14.7 Å². The quantitative estimate of drug-likeness (QED) is 0.319. The van der Waals surface area contributed by atoms with E-state index in [1.54, 1.807) is 0 Å². The number of hydrogen-bond donors (Lipinski definition) is 1. The summed E-state index contributed by atoms with van der Waals surface area (Å²) in [4.78, 5) is 26.3. The molecule has 6 nitrogen and oxygen atoms in total. The van der Waals surface area contributed by atoms with Crippen LogP contribution in [-0.4, -0.2) is 25.2 Å². The zero-order valence-electron chi connectivity index (χ0n) is 21.1. The normalized spacial score (nSPS) is 15.2. The van der Waals surface area contributed by atoms with Crippen LogP contribution in [0.15, 0.2) is 83.2 Å². The van der Waals surface area contributed by atoms with Crippen LogP contribution in [0.4, 0.5) is 0 Å². The smallest absolute Gasteiger partial charge is 0.336 e. The minimum absolute atomic E-state index is 0.0187. The van der Waals surface area contributed by atoms with Gasteiger partial charge >= 0.3 is 11.9 Å². The first-order valence-corrected chi connectivity index (χ1v) is 12.5. The maximum Gasteiger partial charge on any atom is 0.336 e. The van der Waals surface area contributed by atoms with E-state index in [1.807, 2.05) is 56.3 Å². The molecule has 1 aliphatic heterocycles. The molecule has 0 aliphatic carbocycles. The lowest BCUT2D eigenvalue weighted by Crippen LogP contribution is -2.34. The van der Waals surface area contributed by atoms with Crippen LogP contribution in [-0.2, 0) is 31.9 Å². The highest BCUT2D eigenvalue weighted by Crippen LogP contribution is 2.35. The van der Waals surface area contributed by atoms with Gasteiger partial charge in [0.05, 0.1) is 30.2 Å².